The van der Waals surface area contributed by atoms with Gasteiger partial charge in [-0.25, -0.2) is 0 Å². The summed E-state index contributed by atoms with van der Waals surface area (Å²) < 4.78 is 123. The highest BCUT2D eigenvalue weighted by atomic mass is 31.2. The number of phosphoric acid groups is 4. The molecule has 20 heteroatoms. The maximum Gasteiger partial charge on any atom is 0.647 e. The van der Waals surface area contributed by atoms with Crippen LogP contribution in [0.25, 0.3) is 0 Å². The van der Waals surface area contributed by atoms with Crippen LogP contribution in [0.1, 0.15) is 111 Å². The lowest BCUT2D eigenvalue weighted by molar-refractivity contribution is 0.293. The summed E-state index contributed by atoms with van der Waals surface area (Å²) in [4.78, 5) is 0. The Morgan fingerprint density at radius 2 is 0.250 bits per heavy atom. The van der Waals surface area contributed by atoms with Crippen LogP contribution >= 0.6 is 31.3 Å². The molecule has 96 heavy (non-hydrogen) atoms. The Kier molecular flexibility index (Phi) is 44.3. The molecule has 516 valence electrons. The molecule has 0 spiro atoms. The molecule has 10 rings (SSSR count). The second-order valence-corrected chi connectivity index (χ2v) is 22.1. The lowest BCUT2D eigenvalue weighted by Gasteiger charge is -2.21. The summed E-state index contributed by atoms with van der Waals surface area (Å²) in [6, 6.07) is 80.1. The Hall–Kier alpha value is -9.28. The van der Waals surface area contributed by atoms with E-state index >= 15 is 0 Å². The van der Waals surface area contributed by atoms with Gasteiger partial charge in [0, 0.05) is 6.07 Å². The number of benzene rings is 10. The molecule has 10 aromatic carbocycles. The molecule has 0 N–H and O–H groups in total. The molecule has 0 aliphatic rings. The average molecular weight is 1390 g/mol. The largest absolute Gasteiger partial charge is 0.647 e. The van der Waals surface area contributed by atoms with E-state index in [1.54, 1.807) is 249 Å². The zero-order valence-electron chi connectivity index (χ0n) is 58.0. The Morgan fingerprint density at radius 1 is 0.146 bits per heavy atom. The number of hydrogen-bond acceptors (Lipinski definition) is 16. The highest BCUT2D eigenvalue weighted by Gasteiger charge is 2.37. The predicted molar refractivity (Wildman–Crippen MR) is 393 cm³/mol. The zero-order valence-corrected chi connectivity index (χ0v) is 61.6. The van der Waals surface area contributed by atoms with Crippen LogP contribution in [0.4, 0.5) is 0 Å². The fraction of sp³-hybridized carbons (Fsp3) is 0.211. The second-order valence-electron chi connectivity index (χ2n) is 16.3. The first-order chi connectivity index (χ1) is 46.9. The van der Waals surface area contributed by atoms with Crippen LogP contribution in [0, 0.1) is 0 Å². The van der Waals surface area contributed by atoms with Crippen molar-refractivity contribution in [1.82, 2.24) is 0 Å². The third-order valence-corrected chi connectivity index (χ3v) is 15.4. The minimum absolute atomic E-state index is 0.0682. The van der Waals surface area contributed by atoms with Crippen LogP contribution < -0.4 is 54.3 Å². The maximum absolute atomic E-state index is 13.8. The third-order valence-electron chi connectivity index (χ3n) is 10.2. The minimum Gasteiger partial charge on any atom is -0.386 e. The van der Waals surface area contributed by atoms with Gasteiger partial charge in [-0.1, -0.05) is 262 Å². The van der Waals surface area contributed by atoms with E-state index in [4.69, 9.17) is 54.3 Å². The molecule has 0 saturated heterocycles. The van der Waals surface area contributed by atoms with Gasteiger partial charge in [0.25, 0.3) is 0 Å². The van der Waals surface area contributed by atoms with Crippen molar-refractivity contribution in [3.05, 3.63) is 291 Å². The van der Waals surface area contributed by atoms with Crippen LogP contribution in [0.3, 0.4) is 0 Å². The van der Waals surface area contributed by atoms with Gasteiger partial charge in [0.05, 0.1) is 0 Å². The molecule has 0 fully saturated rings. The third kappa shape index (κ3) is 32.7. The molecule has 0 aromatic heterocycles. The van der Waals surface area contributed by atoms with Crippen molar-refractivity contribution >= 4 is 31.3 Å². The van der Waals surface area contributed by atoms with Crippen molar-refractivity contribution in [3.8, 4) is 69.0 Å². The monoisotopic (exact) mass is 1390 g/mol. The van der Waals surface area contributed by atoms with Gasteiger partial charge in [0.1, 0.15) is 69.0 Å². The molecule has 0 radical (unpaired) electrons. The Bertz CT molecular complexity index is 3260. The lowest BCUT2D eigenvalue weighted by atomic mass is 10.3. The van der Waals surface area contributed by atoms with Gasteiger partial charge in [0.2, 0.25) is 0 Å². The summed E-state index contributed by atoms with van der Waals surface area (Å²) in [5.74, 6) is 2.80. The van der Waals surface area contributed by atoms with E-state index in [2.05, 4.69) is 0 Å². The van der Waals surface area contributed by atoms with E-state index in [1.807, 2.05) is 111 Å². The van der Waals surface area contributed by atoms with Crippen molar-refractivity contribution in [2.45, 2.75) is 111 Å². The molecule has 16 nitrogen and oxygen atoms in total. The summed E-state index contributed by atoms with van der Waals surface area (Å²) in [6.07, 6.45) is 0. The van der Waals surface area contributed by atoms with Crippen molar-refractivity contribution in [3.63, 3.8) is 0 Å². The van der Waals surface area contributed by atoms with Gasteiger partial charge < -0.3 is 54.3 Å². The summed E-state index contributed by atoms with van der Waals surface area (Å²) in [7, 11) is -16.9. The fourth-order valence-corrected chi connectivity index (χ4v) is 11.8. The molecular formula is C76H96O16P4. The molecule has 0 saturated carbocycles. The number of hydrogen-bond donors (Lipinski definition) is 0. The number of rotatable bonds is 24. The van der Waals surface area contributed by atoms with Gasteiger partial charge in [0.15, 0.2) is 0 Å². The van der Waals surface area contributed by atoms with E-state index in [1.165, 1.54) is 42.5 Å². The Morgan fingerprint density at radius 3 is 0.385 bits per heavy atom. The van der Waals surface area contributed by atoms with Gasteiger partial charge in [-0.2, -0.15) is 18.3 Å². The predicted octanol–water partition coefficient (Wildman–Crippen LogP) is 26.2. The van der Waals surface area contributed by atoms with Crippen LogP contribution in [0.15, 0.2) is 291 Å². The zero-order chi connectivity index (χ0) is 71.4. The molecule has 10 aromatic rings. The summed E-state index contributed by atoms with van der Waals surface area (Å²) in [5.41, 5.74) is 0. The smallest absolute Gasteiger partial charge is 0.386 e. The Balaban J connectivity index is 0.000000795. The molecular weight excluding hydrogens is 1290 g/mol. The van der Waals surface area contributed by atoms with Crippen molar-refractivity contribution in [1.29, 1.82) is 0 Å². The van der Waals surface area contributed by atoms with E-state index in [-0.39, 0.29) is 46.0 Å². The van der Waals surface area contributed by atoms with Crippen LogP contribution in [0.2, 0.25) is 0 Å². The molecule has 0 heterocycles. The van der Waals surface area contributed by atoms with Crippen LogP contribution in [-0.4, -0.2) is 0 Å². The van der Waals surface area contributed by atoms with Gasteiger partial charge in [-0.15, -0.1) is 0 Å². The normalized spacial score (nSPS) is 9.83. The lowest BCUT2D eigenvalue weighted by Crippen LogP contribution is -2.09. The van der Waals surface area contributed by atoms with E-state index in [9.17, 15) is 18.3 Å². The van der Waals surface area contributed by atoms with Crippen molar-refractivity contribution < 1.29 is 72.5 Å². The van der Waals surface area contributed by atoms with Gasteiger partial charge in [-0.3, -0.25) is 0 Å². The van der Waals surface area contributed by atoms with Crippen LogP contribution in [-0.2, 0) is 18.3 Å². The summed E-state index contributed by atoms with van der Waals surface area (Å²) in [5, 5.41) is 0. The van der Waals surface area contributed by atoms with Gasteiger partial charge in [-0.05, 0) is 133 Å². The SMILES string of the molecule is CC.CC.CC.CC.CC.CC.CC.CC.O=P(Oc1ccccc1)(Oc1ccccc1)Oc1ccc(OP(=O)(Oc2ccccc2)Oc2ccccc2)cc1.O=P(Oc1ccccc1)(Oc1ccccc1)Oc1cccc(OP(=O)(Oc2ccccc2)Oc2ccccc2)c1. The van der Waals surface area contributed by atoms with Crippen LogP contribution in [0.5, 0.6) is 69.0 Å². The average Bonchev–Trinajstić information content (AvgIpc) is 1.03. The maximum atomic E-state index is 13.8. The first-order valence-electron chi connectivity index (χ1n) is 32.3. The number of phosphoric ester groups is 4. The molecule has 0 amide bonds. The quantitative estimate of drug-likeness (QED) is 0.0521. The van der Waals surface area contributed by atoms with E-state index in [0.29, 0.717) is 23.0 Å². The molecule has 0 aliphatic heterocycles. The Labute approximate surface area is 571 Å². The highest BCUT2D eigenvalue weighted by Crippen LogP contribution is 2.55. The van der Waals surface area contributed by atoms with Crippen molar-refractivity contribution in [2.75, 3.05) is 0 Å². The molecule has 0 unspecified atom stereocenters. The van der Waals surface area contributed by atoms with E-state index < -0.39 is 31.3 Å². The first-order valence-corrected chi connectivity index (χ1v) is 38.1. The number of para-hydroxylation sites is 8. The highest BCUT2D eigenvalue weighted by molar-refractivity contribution is 7.50. The fourth-order valence-electron chi connectivity index (χ4n) is 6.77. The standard InChI is InChI=1S/2C30H24O8P2.8C2H6/c31-39(33-25-14-5-1-6-15-25,34-26-16-7-2-8-17-26)37-29-22-13-23-30(24-29)38-40(32,35-27-18-9-3-10-19-27)36-28-20-11-4-12-21-28;31-39(33-25-13-5-1-6-14-25,34-26-15-7-2-8-16-26)37-29-21-23-30(24-22-29)38-40(32,35-27-17-9-3-10-18-27)36-28-19-11-4-12-20-28;8*1-2/h2*1-24H;8*1-2H3. The molecule has 0 bridgehead atoms. The van der Waals surface area contributed by atoms with Crippen molar-refractivity contribution in [2.24, 2.45) is 0 Å². The van der Waals surface area contributed by atoms with Gasteiger partial charge >= 0.3 is 31.3 Å². The summed E-state index contributed by atoms with van der Waals surface area (Å²) in [6.45, 7) is 32.0. The van der Waals surface area contributed by atoms with E-state index in [0.717, 1.165) is 0 Å². The second kappa shape index (κ2) is 50.2. The minimum atomic E-state index is -4.25. The topological polar surface area (TPSA) is 179 Å². The first kappa shape index (κ1) is 84.7. The summed E-state index contributed by atoms with van der Waals surface area (Å²) >= 11 is 0. The molecule has 0 atom stereocenters. The molecule has 0 aliphatic carbocycles.